The number of unbranched alkanes of at least 4 members (excludes halogenated alkanes) is 9. The molecule has 0 aliphatic heterocycles. The molecular formula is C40H53ClN2O10S2. The number of nitrogens with one attached hydrogen (secondary N) is 2. The Hall–Kier alpha value is -4.14. The lowest BCUT2D eigenvalue weighted by atomic mass is 9.87. The molecule has 0 radical (unpaired) electrons. The molecule has 0 fully saturated rings. The zero-order chi connectivity index (χ0) is 40.8. The molecule has 0 spiro atoms. The van der Waals surface area contributed by atoms with Gasteiger partial charge in [-0.05, 0) is 48.9 Å². The molecule has 0 saturated heterocycles. The summed E-state index contributed by atoms with van der Waals surface area (Å²) in [5, 5.41) is 2.54. The third kappa shape index (κ3) is 13.8. The molecule has 1 amide bonds. The van der Waals surface area contributed by atoms with Gasteiger partial charge in [-0.25, -0.2) is 21.6 Å². The van der Waals surface area contributed by atoms with Crippen LogP contribution in [-0.4, -0.2) is 60.6 Å². The van der Waals surface area contributed by atoms with Crippen molar-refractivity contribution in [3.05, 3.63) is 71.2 Å². The number of benzene rings is 3. The maximum atomic E-state index is 13.9. The van der Waals surface area contributed by atoms with Crippen molar-refractivity contribution in [2.24, 2.45) is 5.41 Å². The van der Waals surface area contributed by atoms with Crippen molar-refractivity contribution < 1.29 is 45.4 Å². The van der Waals surface area contributed by atoms with E-state index in [2.05, 4.69) is 17.0 Å². The van der Waals surface area contributed by atoms with Gasteiger partial charge < -0.3 is 19.5 Å². The third-order valence-corrected chi connectivity index (χ3v) is 11.4. The molecule has 3 rings (SSSR count). The number of ketones is 1. The van der Waals surface area contributed by atoms with E-state index < -0.39 is 49.0 Å². The number of sulfone groups is 1. The first-order chi connectivity index (χ1) is 25.9. The van der Waals surface area contributed by atoms with Crippen LogP contribution in [0.4, 0.5) is 11.4 Å². The zero-order valence-corrected chi connectivity index (χ0v) is 34.8. The fourth-order valence-electron chi connectivity index (χ4n) is 5.48. The van der Waals surface area contributed by atoms with Crippen molar-refractivity contribution in [2.45, 2.75) is 108 Å². The van der Waals surface area contributed by atoms with Gasteiger partial charge in [0.25, 0.3) is 15.9 Å². The van der Waals surface area contributed by atoms with Crippen molar-refractivity contribution in [1.29, 1.82) is 0 Å². The number of methoxy groups -OCH3 is 1. The van der Waals surface area contributed by atoms with Gasteiger partial charge in [-0.3, -0.25) is 14.3 Å². The quantitative estimate of drug-likeness (QED) is 0.0568. The number of ether oxygens (including phenoxy) is 3. The normalized spacial score (nSPS) is 12.4. The number of sulfonamides is 1. The highest BCUT2D eigenvalue weighted by Crippen LogP contribution is 2.35. The van der Waals surface area contributed by atoms with E-state index in [1.54, 1.807) is 26.8 Å². The number of hydrogen-bond donors (Lipinski definition) is 2. The van der Waals surface area contributed by atoms with Crippen LogP contribution >= 0.6 is 11.6 Å². The molecule has 55 heavy (non-hydrogen) atoms. The highest BCUT2D eigenvalue weighted by molar-refractivity contribution is 7.92. The number of amides is 1. The van der Waals surface area contributed by atoms with E-state index in [1.807, 2.05) is 0 Å². The lowest BCUT2D eigenvalue weighted by molar-refractivity contribution is -0.140. The summed E-state index contributed by atoms with van der Waals surface area (Å²) in [4.78, 5) is 40.2. The average Bonchev–Trinajstić information content (AvgIpc) is 3.12. The molecule has 0 aliphatic rings. The Bertz CT molecular complexity index is 2000. The Morgan fingerprint density at radius 1 is 0.764 bits per heavy atom. The first kappa shape index (κ1) is 45.3. The fourth-order valence-corrected chi connectivity index (χ4v) is 7.45. The second-order valence-corrected chi connectivity index (χ2v) is 18.4. The topological polar surface area (TPSA) is 171 Å². The molecule has 0 bridgehead atoms. The summed E-state index contributed by atoms with van der Waals surface area (Å²) in [7, 11) is -6.77. The molecule has 1 atom stereocenters. The summed E-state index contributed by atoms with van der Waals surface area (Å²) in [6.45, 7) is 7.12. The number of carbonyl (C=O) groups is 3. The van der Waals surface area contributed by atoms with Crippen LogP contribution in [0.2, 0.25) is 5.02 Å². The molecule has 3 aromatic rings. The van der Waals surface area contributed by atoms with E-state index in [1.165, 1.54) is 88.1 Å². The molecule has 302 valence electrons. The minimum Gasteiger partial charge on any atom is -0.495 e. The average molecular weight is 821 g/mol. The van der Waals surface area contributed by atoms with Crippen molar-refractivity contribution in [2.75, 3.05) is 30.0 Å². The summed E-state index contributed by atoms with van der Waals surface area (Å²) >= 11 is 6.49. The lowest BCUT2D eigenvalue weighted by Crippen LogP contribution is -2.45. The number of rotatable bonds is 22. The van der Waals surface area contributed by atoms with Gasteiger partial charge in [0.2, 0.25) is 6.10 Å². The van der Waals surface area contributed by atoms with Crippen LogP contribution in [-0.2, 0) is 34.2 Å². The second kappa shape index (κ2) is 20.7. The molecule has 0 aliphatic carbocycles. The van der Waals surface area contributed by atoms with Gasteiger partial charge in [0, 0.05) is 11.7 Å². The van der Waals surface area contributed by atoms with E-state index in [4.69, 9.17) is 25.8 Å². The van der Waals surface area contributed by atoms with E-state index in [9.17, 15) is 31.2 Å². The highest BCUT2D eigenvalue weighted by Gasteiger charge is 2.38. The van der Waals surface area contributed by atoms with Crippen molar-refractivity contribution in [1.82, 2.24) is 0 Å². The standard InChI is InChI=1S/C40H53ClN2O10S2/c1-7-8-9-10-11-12-13-14-15-19-24-52-39(46)30-26-35(51-5)32(27-31(30)41)42-38(45)36(37(44)40(2,3)4)53-34-23-22-29(54(6,47)48)25-33(34)43-55(49,50)28-20-17-16-18-21-28/h16-18,20-23,25-27,36,43H,7-15,19,24H2,1-6H3,(H,42,45). The molecule has 12 nitrogen and oxygen atoms in total. The van der Waals surface area contributed by atoms with Crippen LogP contribution < -0.4 is 19.5 Å². The first-order valence-corrected chi connectivity index (χ1v) is 22.1. The molecule has 0 heterocycles. The Labute approximate surface area is 330 Å². The summed E-state index contributed by atoms with van der Waals surface area (Å²) in [6, 6.07) is 13.3. The third-order valence-electron chi connectivity index (χ3n) is 8.64. The molecule has 2 N–H and O–H groups in total. The van der Waals surface area contributed by atoms with Crippen molar-refractivity contribution in [3.8, 4) is 11.5 Å². The summed E-state index contributed by atoms with van der Waals surface area (Å²) in [5.41, 5.74) is -1.44. The predicted molar refractivity (Wildman–Crippen MR) is 214 cm³/mol. The van der Waals surface area contributed by atoms with E-state index in [-0.39, 0.29) is 49.9 Å². The summed E-state index contributed by atoms with van der Waals surface area (Å²) in [5.74, 6) is -2.58. The highest BCUT2D eigenvalue weighted by atomic mass is 35.5. The van der Waals surface area contributed by atoms with Crippen LogP contribution in [0.1, 0.15) is 102 Å². The van der Waals surface area contributed by atoms with Crippen LogP contribution in [0, 0.1) is 5.41 Å². The molecule has 0 saturated carbocycles. The summed E-state index contributed by atoms with van der Waals surface area (Å²) in [6.07, 6.45) is 10.4. The van der Waals surface area contributed by atoms with Gasteiger partial charge in [0.05, 0.1) is 45.5 Å². The van der Waals surface area contributed by atoms with Gasteiger partial charge in [-0.2, -0.15) is 0 Å². The van der Waals surface area contributed by atoms with Gasteiger partial charge >= 0.3 is 5.97 Å². The Balaban J connectivity index is 1.81. The number of carbonyl (C=O) groups excluding carboxylic acids is 3. The number of Topliss-reactive ketones (excluding diaryl/α,β-unsaturated/α-hetero) is 1. The SMILES string of the molecule is CCCCCCCCCCCCOC(=O)c1cc(OC)c(NC(=O)C(Oc2ccc(S(C)(=O)=O)cc2NS(=O)(=O)c2ccccc2)C(=O)C(C)(C)C)cc1Cl. The van der Waals surface area contributed by atoms with E-state index in [0.29, 0.717) is 6.42 Å². The Morgan fingerprint density at radius 2 is 1.36 bits per heavy atom. The lowest BCUT2D eigenvalue weighted by Gasteiger charge is -2.26. The minimum atomic E-state index is -4.27. The van der Waals surface area contributed by atoms with Crippen molar-refractivity contribution in [3.63, 3.8) is 0 Å². The maximum Gasteiger partial charge on any atom is 0.339 e. The minimum absolute atomic E-state index is 0.0106. The second-order valence-electron chi connectivity index (χ2n) is 14.3. The van der Waals surface area contributed by atoms with E-state index in [0.717, 1.165) is 37.7 Å². The largest absolute Gasteiger partial charge is 0.495 e. The first-order valence-electron chi connectivity index (χ1n) is 18.4. The molecule has 0 aromatic heterocycles. The molecule has 1 unspecified atom stereocenters. The van der Waals surface area contributed by atoms with Gasteiger partial charge in [0.1, 0.15) is 11.5 Å². The number of hydrogen-bond acceptors (Lipinski definition) is 10. The van der Waals surface area contributed by atoms with Crippen molar-refractivity contribution >= 4 is 60.5 Å². The number of anilines is 2. The van der Waals surface area contributed by atoms with E-state index >= 15 is 0 Å². The number of halogens is 1. The Morgan fingerprint density at radius 3 is 1.93 bits per heavy atom. The van der Waals surface area contributed by atoms with Gasteiger partial charge in [-0.15, -0.1) is 0 Å². The summed E-state index contributed by atoms with van der Waals surface area (Å²) < 4.78 is 70.6. The van der Waals surface area contributed by atoms with Crippen LogP contribution in [0.25, 0.3) is 0 Å². The van der Waals surface area contributed by atoms with Crippen LogP contribution in [0.5, 0.6) is 11.5 Å². The van der Waals surface area contributed by atoms with Crippen LogP contribution in [0.15, 0.2) is 70.5 Å². The molecule has 3 aromatic carbocycles. The van der Waals surface area contributed by atoms with Gasteiger partial charge in [0.15, 0.2) is 15.6 Å². The monoisotopic (exact) mass is 820 g/mol. The molecule has 15 heteroatoms. The van der Waals surface area contributed by atoms with Gasteiger partial charge in [-0.1, -0.05) is 115 Å². The zero-order valence-electron chi connectivity index (χ0n) is 32.4. The predicted octanol–water partition coefficient (Wildman–Crippen LogP) is 8.63. The Kier molecular flexibility index (Phi) is 17.0. The smallest absolute Gasteiger partial charge is 0.339 e. The fraction of sp³-hybridized carbons (Fsp3) is 0.475. The van der Waals surface area contributed by atoms with Crippen LogP contribution in [0.3, 0.4) is 0 Å². The maximum absolute atomic E-state index is 13.9. The number of esters is 1. The molecular weight excluding hydrogens is 768 g/mol.